The van der Waals surface area contributed by atoms with Crippen molar-refractivity contribution >= 4 is 22.3 Å². The Morgan fingerprint density at radius 3 is 3.12 bits per heavy atom. The molecular weight excluding hydrogens is 244 g/mol. The van der Waals surface area contributed by atoms with Crippen molar-refractivity contribution in [3.05, 3.63) is 23.2 Å². The molecule has 0 aliphatic heterocycles. The lowest BCUT2D eigenvalue weighted by Crippen LogP contribution is -1.95. The van der Waals surface area contributed by atoms with Crippen LogP contribution in [0.3, 0.4) is 0 Å². The van der Waals surface area contributed by atoms with E-state index in [1.807, 2.05) is 13.1 Å². The molecule has 0 aliphatic carbocycles. The summed E-state index contributed by atoms with van der Waals surface area (Å²) in [6.07, 6.45) is 3.47. The minimum absolute atomic E-state index is 0.215. The Balaban J connectivity index is 2.16. The van der Waals surface area contributed by atoms with E-state index in [0.717, 1.165) is 9.84 Å². The zero-order valence-corrected chi connectivity index (χ0v) is 9.43. The fourth-order valence-corrected chi connectivity index (χ4v) is 2.28. The third-order valence-electron chi connectivity index (χ3n) is 2.16. The van der Waals surface area contributed by atoms with Crippen LogP contribution in [0.25, 0.3) is 16.5 Å². The van der Waals surface area contributed by atoms with Crippen molar-refractivity contribution in [3.63, 3.8) is 0 Å². The number of carboxylic acid groups (broad SMARTS) is 1. The first-order valence-electron chi connectivity index (χ1n) is 4.66. The minimum atomic E-state index is -1.24. The lowest BCUT2D eigenvalue weighted by Gasteiger charge is -1.88. The summed E-state index contributed by atoms with van der Waals surface area (Å²) in [5.74, 6) is -1.46. The highest BCUT2D eigenvalue weighted by atomic mass is 32.1. The lowest BCUT2D eigenvalue weighted by molar-refractivity contribution is 0.0643. The predicted octanol–water partition coefficient (Wildman–Crippen LogP) is 1.45. The number of nitrogens with zero attached hydrogens (tertiary/aromatic N) is 4. The Kier molecular flexibility index (Phi) is 1.99. The summed E-state index contributed by atoms with van der Waals surface area (Å²) in [7, 11) is 0. The second kappa shape index (κ2) is 3.39. The quantitative estimate of drug-likeness (QED) is 0.739. The van der Waals surface area contributed by atoms with Crippen molar-refractivity contribution in [3.8, 4) is 11.5 Å². The smallest absolute Gasteiger partial charge is 0.394 e. The van der Waals surface area contributed by atoms with Crippen molar-refractivity contribution in [2.24, 2.45) is 0 Å². The van der Waals surface area contributed by atoms with Gasteiger partial charge < -0.3 is 9.63 Å². The van der Waals surface area contributed by atoms with Crippen molar-refractivity contribution in [1.82, 2.24) is 19.5 Å². The number of fused-ring (bicyclic) bond motifs is 1. The molecule has 86 valence electrons. The molecule has 0 spiro atoms. The maximum Gasteiger partial charge on any atom is 0.394 e. The molecular formula is C9H6N4O3S. The fraction of sp³-hybridized carbons (Fsp3) is 0.111. The Hall–Kier alpha value is -2.22. The molecule has 0 aliphatic rings. The molecule has 3 aromatic heterocycles. The van der Waals surface area contributed by atoms with Gasteiger partial charge in [0.25, 0.3) is 0 Å². The average molecular weight is 250 g/mol. The molecule has 3 rings (SSSR count). The van der Waals surface area contributed by atoms with Crippen LogP contribution in [0.4, 0.5) is 0 Å². The Labute approximate surface area is 98.3 Å². The summed E-state index contributed by atoms with van der Waals surface area (Å²) >= 11 is 1.53. The van der Waals surface area contributed by atoms with Crippen LogP contribution in [0.1, 0.15) is 15.6 Å². The van der Waals surface area contributed by atoms with Gasteiger partial charge in [-0.2, -0.15) is 4.98 Å². The van der Waals surface area contributed by atoms with E-state index < -0.39 is 11.9 Å². The topological polar surface area (TPSA) is 93.5 Å². The zero-order chi connectivity index (χ0) is 12.0. The first-order chi connectivity index (χ1) is 8.15. The van der Waals surface area contributed by atoms with E-state index in [1.54, 1.807) is 10.6 Å². The predicted molar refractivity (Wildman–Crippen MR) is 58.1 cm³/mol. The van der Waals surface area contributed by atoms with E-state index in [1.165, 1.54) is 11.3 Å². The Bertz CT molecular complexity index is 711. The molecule has 0 fully saturated rings. The third-order valence-corrected chi connectivity index (χ3v) is 3.08. The summed E-state index contributed by atoms with van der Waals surface area (Å²) in [6.45, 7) is 1.96. The maximum atomic E-state index is 10.6. The molecule has 0 aromatic carbocycles. The van der Waals surface area contributed by atoms with Crippen LogP contribution >= 0.6 is 11.3 Å². The third kappa shape index (κ3) is 1.49. The highest BCUT2D eigenvalue weighted by molar-refractivity contribution is 7.17. The Morgan fingerprint density at radius 2 is 2.41 bits per heavy atom. The number of aromatic carboxylic acids is 1. The van der Waals surface area contributed by atoms with Gasteiger partial charge in [-0.15, -0.1) is 11.3 Å². The summed E-state index contributed by atoms with van der Waals surface area (Å²) in [6, 6.07) is 0. The van der Waals surface area contributed by atoms with Gasteiger partial charge in [-0.25, -0.2) is 9.78 Å². The SMILES string of the molecule is Cc1cn2c(-c3noc(C(=O)O)n3)cnc2s1. The molecule has 0 saturated carbocycles. The van der Waals surface area contributed by atoms with E-state index in [0.29, 0.717) is 5.69 Å². The van der Waals surface area contributed by atoms with Gasteiger partial charge in [-0.3, -0.25) is 4.40 Å². The van der Waals surface area contributed by atoms with Gasteiger partial charge >= 0.3 is 11.9 Å². The monoisotopic (exact) mass is 250 g/mol. The molecule has 7 nitrogen and oxygen atoms in total. The first-order valence-corrected chi connectivity index (χ1v) is 5.47. The van der Waals surface area contributed by atoms with Gasteiger partial charge in [0.15, 0.2) is 4.96 Å². The van der Waals surface area contributed by atoms with E-state index in [-0.39, 0.29) is 5.82 Å². The number of hydrogen-bond acceptors (Lipinski definition) is 6. The van der Waals surface area contributed by atoms with E-state index >= 15 is 0 Å². The standard InChI is InChI=1S/C9H6N4O3S/c1-4-3-13-5(2-10-9(13)17-4)6-11-7(8(14)15)16-12-6/h2-3H,1H3,(H,14,15). The molecule has 0 atom stereocenters. The number of carbonyl (C=O) groups is 1. The van der Waals surface area contributed by atoms with E-state index in [9.17, 15) is 4.79 Å². The largest absolute Gasteiger partial charge is 0.474 e. The van der Waals surface area contributed by atoms with Crippen LogP contribution in [0.15, 0.2) is 16.9 Å². The Morgan fingerprint density at radius 1 is 1.59 bits per heavy atom. The minimum Gasteiger partial charge on any atom is -0.474 e. The molecule has 0 saturated heterocycles. The van der Waals surface area contributed by atoms with Crippen molar-refractivity contribution in [2.75, 3.05) is 0 Å². The maximum absolute atomic E-state index is 10.6. The summed E-state index contributed by atoms with van der Waals surface area (Å²) in [5, 5.41) is 12.3. The second-order valence-corrected chi connectivity index (χ2v) is 4.58. The van der Waals surface area contributed by atoms with Crippen molar-refractivity contribution < 1.29 is 14.4 Å². The normalized spacial score (nSPS) is 11.1. The van der Waals surface area contributed by atoms with Crippen LogP contribution in [0.5, 0.6) is 0 Å². The van der Waals surface area contributed by atoms with E-state index in [4.69, 9.17) is 5.11 Å². The van der Waals surface area contributed by atoms with Crippen LogP contribution in [0.2, 0.25) is 0 Å². The number of hydrogen-bond donors (Lipinski definition) is 1. The molecule has 0 bridgehead atoms. The molecule has 0 radical (unpaired) electrons. The fourth-order valence-electron chi connectivity index (χ4n) is 1.48. The molecule has 0 amide bonds. The first kappa shape index (κ1) is 9.97. The molecule has 0 unspecified atom stereocenters. The van der Waals surface area contributed by atoms with Crippen molar-refractivity contribution in [1.29, 1.82) is 0 Å². The molecule has 3 aromatic rings. The number of thiazole rings is 1. The molecule has 1 N–H and O–H groups in total. The molecule has 17 heavy (non-hydrogen) atoms. The van der Waals surface area contributed by atoms with Crippen LogP contribution < -0.4 is 0 Å². The lowest BCUT2D eigenvalue weighted by atomic mass is 10.4. The summed E-state index contributed by atoms with van der Waals surface area (Å²) in [4.78, 5) is 20.5. The van der Waals surface area contributed by atoms with Gasteiger partial charge in [0, 0.05) is 11.1 Å². The summed E-state index contributed by atoms with van der Waals surface area (Å²) < 4.78 is 6.41. The van der Waals surface area contributed by atoms with Crippen LogP contribution in [-0.2, 0) is 0 Å². The van der Waals surface area contributed by atoms with E-state index in [2.05, 4.69) is 19.6 Å². The van der Waals surface area contributed by atoms with Gasteiger partial charge in [0.1, 0.15) is 5.69 Å². The molecule has 8 heteroatoms. The van der Waals surface area contributed by atoms with Crippen LogP contribution in [-0.4, -0.2) is 30.6 Å². The average Bonchev–Trinajstić information content (AvgIpc) is 2.90. The van der Waals surface area contributed by atoms with Crippen LogP contribution in [0, 0.1) is 6.92 Å². The number of rotatable bonds is 2. The van der Waals surface area contributed by atoms with Crippen molar-refractivity contribution in [2.45, 2.75) is 6.92 Å². The number of aryl methyl sites for hydroxylation is 1. The second-order valence-electron chi connectivity index (χ2n) is 3.37. The zero-order valence-electron chi connectivity index (χ0n) is 8.62. The highest BCUT2D eigenvalue weighted by Gasteiger charge is 2.17. The highest BCUT2D eigenvalue weighted by Crippen LogP contribution is 2.23. The number of aromatic nitrogens is 4. The van der Waals surface area contributed by atoms with Gasteiger partial charge in [0.2, 0.25) is 5.82 Å². The van der Waals surface area contributed by atoms with Gasteiger partial charge in [0.05, 0.1) is 6.20 Å². The van der Waals surface area contributed by atoms with Gasteiger partial charge in [-0.1, -0.05) is 5.16 Å². The molecule has 3 heterocycles. The number of carboxylic acids is 1. The van der Waals surface area contributed by atoms with Gasteiger partial charge in [-0.05, 0) is 6.92 Å². The summed E-state index contributed by atoms with van der Waals surface area (Å²) in [5.41, 5.74) is 0.612. The number of imidazole rings is 1.